The Morgan fingerprint density at radius 3 is 2.53 bits per heavy atom. The minimum Gasteiger partial charge on any atom is -0.369 e. The molecule has 0 bridgehead atoms. The minimum absolute atomic E-state index is 0.0138. The number of likely N-dealkylation sites (N-methyl/N-ethyl adjacent to an activating group) is 1. The second-order valence-corrected chi connectivity index (χ2v) is 12.8. The van der Waals surface area contributed by atoms with Crippen LogP contribution in [0.1, 0.15) is 42.5 Å². The van der Waals surface area contributed by atoms with Gasteiger partial charge in [0, 0.05) is 56.3 Å². The van der Waals surface area contributed by atoms with Crippen LogP contribution in [0.2, 0.25) is 0 Å². The number of rotatable bonds is 9. The zero-order chi connectivity index (χ0) is 32.6. The molecule has 0 unspecified atom stereocenters. The molecule has 1 aromatic heterocycles. The molecule has 9 nitrogen and oxygen atoms in total. The number of carbonyl (C=O) groups excluding carboxylic acids is 3. The van der Waals surface area contributed by atoms with E-state index in [0.29, 0.717) is 36.8 Å². The molecule has 0 radical (unpaired) electrons. The second-order valence-electron chi connectivity index (χ2n) is 12.8. The SMILES string of the molecule is C=C(CN(C)C)C(=O)N1CC(CCCCN2C[C@H]3CC(=O)N(c4cc(C(F)(F)F)cc(C)n4)[C@@H]3C(=O)Nc3cccc(C)c32)C1. The van der Waals surface area contributed by atoms with Gasteiger partial charge in [-0.2, -0.15) is 13.2 Å². The smallest absolute Gasteiger partial charge is 0.369 e. The molecule has 45 heavy (non-hydrogen) atoms. The van der Waals surface area contributed by atoms with E-state index in [1.165, 1.54) is 6.92 Å². The van der Waals surface area contributed by atoms with Gasteiger partial charge >= 0.3 is 6.18 Å². The van der Waals surface area contributed by atoms with Crippen molar-refractivity contribution in [3.63, 3.8) is 0 Å². The lowest BCUT2D eigenvalue weighted by atomic mass is 9.92. The van der Waals surface area contributed by atoms with E-state index < -0.39 is 35.5 Å². The summed E-state index contributed by atoms with van der Waals surface area (Å²) in [4.78, 5) is 50.9. The molecule has 1 N–H and O–H groups in total. The second kappa shape index (κ2) is 12.8. The van der Waals surface area contributed by atoms with Crippen molar-refractivity contribution in [1.82, 2.24) is 14.8 Å². The number of nitrogens with zero attached hydrogens (tertiary/aromatic N) is 5. The lowest BCUT2D eigenvalue weighted by Crippen LogP contribution is -2.51. The van der Waals surface area contributed by atoms with Gasteiger partial charge in [0.2, 0.25) is 11.8 Å². The molecule has 3 amide bonds. The van der Waals surface area contributed by atoms with Gasteiger partial charge in [-0.3, -0.25) is 19.3 Å². The van der Waals surface area contributed by atoms with Gasteiger partial charge in [0.05, 0.1) is 16.9 Å². The van der Waals surface area contributed by atoms with Crippen LogP contribution in [0, 0.1) is 25.7 Å². The fraction of sp³-hybridized carbons (Fsp3) is 0.515. The van der Waals surface area contributed by atoms with Crippen LogP contribution in [0.3, 0.4) is 0 Å². The predicted octanol–water partition coefficient (Wildman–Crippen LogP) is 4.64. The fourth-order valence-corrected chi connectivity index (χ4v) is 6.79. The number of aromatic nitrogens is 1. The van der Waals surface area contributed by atoms with Crippen molar-refractivity contribution in [2.45, 2.75) is 51.7 Å². The molecular formula is C33H41F3N6O3. The Balaban J connectivity index is 1.28. The molecule has 4 heterocycles. The first-order chi connectivity index (χ1) is 21.2. The summed E-state index contributed by atoms with van der Waals surface area (Å²) in [6, 6.07) is 6.42. The molecule has 2 fully saturated rings. The Morgan fingerprint density at radius 2 is 1.84 bits per heavy atom. The summed E-state index contributed by atoms with van der Waals surface area (Å²) in [5.41, 5.74) is 2.28. The predicted molar refractivity (Wildman–Crippen MR) is 167 cm³/mol. The number of hydrogen-bond acceptors (Lipinski definition) is 6. The molecule has 2 aromatic rings. The molecule has 2 atom stereocenters. The maximum Gasteiger partial charge on any atom is 0.416 e. The minimum atomic E-state index is -4.62. The fourth-order valence-electron chi connectivity index (χ4n) is 6.79. The molecular weight excluding hydrogens is 585 g/mol. The molecule has 5 rings (SSSR count). The molecule has 242 valence electrons. The number of anilines is 3. The van der Waals surface area contributed by atoms with Crippen LogP contribution >= 0.6 is 0 Å². The van der Waals surface area contributed by atoms with E-state index in [-0.39, 0.29) is 23.8 Å². The van der Waals surface area contributed by atoms with Crippen LogP contribution in [0.5, 0.6) is 0 Å². The Labute approximate surface area is 262 Å². The van der Waals surface area contributed by atoms with Crippen LogP contribution in [0.15, 0.2) is 42.5 Å². The topological polar surface area (TPSA) is 89.1 Å². The average Bonchev–Trinajstić information content (AvgIpc) is 3.24. The van der Waals surface area contributed by atoms with E-state index in [1.54, 1.807) is 0 Å². The lowest BCUT2D eigenvalue weighted by molar-refractivity contribution is -0.137. The van der Waals surface area contributed by atoms with Crippen LogP contribution in [-0.4, -0.2) is 85.4 Å². The molecule has 3 aliphatic rings. The van der Waals surface area contributed by atoms with E-state index in [2.05, 4.69) is 21.8 Å². The number of amides is 3. The Hall–Kier alpha value is -3.93. The van der Waals surface area contributed by atoms with Crippen LogP contribution in [-0.2, 0) is 20.6 Å². The number of para-hydroxylation sites is 1. The van der Waals surface area contributed by atoms with Crippen molar-refractivity contribution >= 4 is 34.9 Å². The van der Waals surface area contributed by atoms with Gasteiger partial charge in [-0.25, -0.2) is 4.98 Å². The summed E-state index contributed by atoms with van der Waals surface area (Å²) in [6.45, 7) is 10.4. The third-order valence-electron chi connectivity index (χ3n) is 8.82. The number of fused-ring (bicyclic) bond motifs is 2. The van der Waals surface area contributed by atoms with E-state index in [4.69, 9.17) is 0 Å². The molecule has 1 aromatic carbocycles. The van der Waals surface area contributed by atoms with Crippen molar-refractivity contribution < 1.29 is 27.6 Å². The van der Waals surface area contributed by atoms with Gasteiger partial charge in [0.25, 0.3) is 5.91 Å². The van der Waals surface area contributed by atoms with Crippen molar-refractivity contribution in [3.05, 3.63) is 59.3 Å². The van der Waals surface area contributed by atoms with E-state index in [9.17, 15) is 27.6 Å². The normalized spacial score (nSPS) is 20.4. The number of alkyl halides is 3. The highest BCUT2D eigenvalue weighted by atomic mass is 19.4. The highest BCUT2D eigenvalue weighted by Crippen LogP contribution is 2.40. The summed E-state index contributed by atoms with van der Waals surface area (Å²) in [7, 11) is 3.82. The van der Waals surface area contributed by atoms with Crippen molar-refractivity contribution in [1.29, 1.82) is 0 Å². The largest absolute Gasteiger partial charge is 0.416 e. The summed E-state index contributed by atoms with van der Waals surface area (Å²) in [6.07, 6.45) is -1.80. The standard InChI is InChI=1S/C33H41F3N6O3/c1-20-9-8-11-26-29(20)40(12-7-6-10-23-17-41(18-23)32(45)21(2)16-39(4)5)19-24-14-28(43)42(30(24)31(44)38-26)27-15-25(33(34,35)36)13-22(3)37-27/h8-9,11,13,15,23-24,30H,2,6-7,10,12,14,16-19H2,1,3-5H3,(H,38,44)/t24-,30+/m1/s1. The zero-order valence-corrected chi connectivity index (χ0v) is 26.3. The van der Waals surface area contributed by atoms with Gasteiger partial charge in [-0.1, -0.05) is 25.1 Å². The Kier molecular flexibility index (Phi) is 9.25. The van der Waals surface area contributed by atoms with Crippen molar-refractivity contribution in [2.24, 2.45) is 11.8 Å². The molecule has 0 aliphatic carbocycles. The molecule has 0 saturated carbocycles. The number of halogens is 3. The van der Waals surface area contributed by atoms with Crippen molar-refractivity contribution in [3.8, 4) is 0 Å². The number of aryl methyl sites for hydroxylation is 2. The number of likely N-dealkylation sites (tertiary alicyclic amines) is 1. The molecule has 12 heteroatoms. The molecule has 0 spiro atoms. The number of pyridine rings is 1. The molecule has 2 saturated heterocycles. The quantitative estimate of drug-likeness (QED) is 0.322. The van der Waals surface area contributed by atoms with Gasteiger partial charge in [-0.15, -0.1) is 0 Å². The number of nitrogens with one attached hydrogen (secondary N) is 1. The Morgan fingerprint density at radius 1 is 1.11 bits per heavy atom. The van der Waals surface area contributed by atoms with Crippen LogP contribution in [0.25, 0.3) is 0 Å². The third-order valence-corrected chi connectivity index (χ3v) is 8.82. The van der Waals surface area contributed by atoms with Crippen LogP contribution in [0.4, 0.5) is 30.4 Å². The highest BCUT2D eigenvalue weighted by Gasteiger charge is 2.48. The van der Waals surface area contributed by atoms with Gasteiger partial charge < -0.3 is 20.0 Å². The number of benzene rings is 1. The first kappa shape index (κ1) is 32.5. The average molecular weight is 627 g/mol. The number of unbranched alkanes of at least 4 members (excludes halogenated alkanes) is 1. The molecule has 3 aliphatic heterocycles. The van der Waals surface area contributed by atoms with Crippen molar-refractivity contribution in [2.75, 3.05) is 61.9 Å². The van der Waals surface area contributed by atoms with Crippen LogP contribution < -0.4 is 15.1 Å². The lowest BCUT2D eigenvalue weighted by Gasteiger charge is -2.40. The maximum absolute atomic E-state index is 13.7. The third kappa shape index (κ3) is 7.00. The maximum atomic E-state index is 13.7. The number of carbonyl (C=O) groups is 3. The van der Waals surface area contributed by atoms with Gasteiger partial charge in [0.1, 0.15) is 11.9 Å². The van der Waals surface area contributed by atoms with E-state index >= 15 is 0 Å². The number of hydrogen-bond donors (Lipinski definition) is 1. The summed E-state index contributed by atoms with van der Waals surface area (Å²) in [5, 5.41) is 2.98. The Bertz CT molecular complexity index is 1490. The van der Waals surface area contributed by atoms with Gasteiger partial charge in [-0.05, 0) is 70.5 Å². The summed E-state index contributed by atoms with van der Waals surface area (Å²) >= 11 is 0. The van der Waals surface area contributed by atoms with Gasteiger partial charge in [0.15, 0.2) is 0 Å². The first-order valence-electron chi connectivity index (χ1n) is 15.4. The summed E-state index contributed by atoms with van der Waals surface area (Å²) < 4.78 is 40.9. The van der Waals surface area contributed by atoms with E-state index in [1.807, 2.05) is 49.0 Å². The highest BCUT2D eigenvalue weighted by molar-refractivity contribution is 6.09. The monoisotopic (exact) mass is 626 g/mol. The first-order valence-corrected chi connectivity index (χ1v) is 15.4. The van der Waals surface area contributed by atoms with E-state index in [0.717, 1.165) is 60.6 Å². The summed E-state index contributed by atoms with van der Waals surface area (Å²) in [5.74, 6) is -1.01. The zero-order valence-electron chi connectivity index (χ0n) is 26.3.